The van der Waals surface area contributed by atoms with E-state index in [1.54, 1.807) is 21.3 Å². The van der Waals surface area contributed by atoms with Crippen molar-refractivity contribution in [3.8, 4) is 17.2 Å². The molecule has 5 heteroatoms. The van der Waals surface area contributed by atoms with Crippen molar-refractivity contribution >= 4 is 0 Å². The van der Waals surface area contributed by atoms with Gasteiger partial charge in [0.25, 0.3) is 0 Å². The average molecular weight is 266 g/mol. The molecule has 0 aromatic heterocycles. The van der Waals surface area contributed by atoms with Gasteiger partial charge >= 0.3 is 0 Å². The molecule has 1 aliphatic carbocycles. The fourth-order valence-corrected chi connectivity index (χ4v) is 2.01. The lowest BCUT2D eigenvalue weighted by atomic mass is 10.1. The first-order chi connectivity index (χ1) is 9.19. The van der Waals surface area contributed by atoms with E-state index in [2.05, 4.69) is 5.32 Å². The van der Waals surface area contributed by atoms with Gasteiger partial charge in [-0.15, -0.1) is 0 Å². The Kier molecular flexibility index (Phi) is 4.50. The van der Waals surface area contributed by atoms with Gasteiger partial charge in [-0.2, -0.15) is 0 Å². The molecule has 0 aliphatic heterocycles. The minimum absolute atomic E-state index is 0.0886. The van der Waals surface area contributed by atoms with Gasteiger partial charge in [0.1, 0.15) is 0 Å². The maximum atomic E-state index is 6.20. The van der Waals surface area contributed by atoms with Crippen molar-refractivity contribution in [1.29, 1.82) is 0 Å². The summed E-state index contributed by atoms with van der Waals surface area (Å²) in [5, 5.41) is 3.42. The lowest BCUT2D eigenvalue weighted by molar-refractivity contribution is 0.323. The molecule has 19 heavy (non-hydrogen) atoms. The lowest BCUT2D eigenvalue weighted by Gasteiger charge is -2.18. The second kappa shape index (κ2) is 6.12. The highest BCUT2D eigenvalue weighted by atomic mass is 16.5. The van der Waals surface area contributed by atoms with Crippen LogP contribution in [-0.2, 0) is 0 Å². The first-order valence-electron chi connectivity index (χ1n) is 6.48. The van der Waals surface area contributed by atoms with Crippen LogP contribution >= 0.6 is 0 Å². The van der Waals surface area contributed by atoms with Crippen LogP contribution in [0.2, 0.25) is 0 Å². The summed E-state index contributed by atoms with van der Waals surface area (Å²) >= 11 is 0. The van der Waals surface area contributed by atoms with Crippen LogP contribution < -0.4 is 25.3 Å². The summed E-state index contributed by atoms with van der Waals surface area (Å²) in [6.45, 7) is 0.753. The zero-order chi connectivity index (χ0) is 13.8. The molecular formula is C14H22N2O3. The van der Waals surface area contributed by atoms with E-state index in [-0.39, 0.29) is 6.04 Å². The third-order valence-corrected chi connectivity index (χ3v) is 3.32. The van der Waals surface area contributed by atoms with Crippen molar-refractivity contribution in [2.45, 2.75) is 24.9 Å². The van der Waals surface area contributed by atoms with Gasteiger partial charge in [0.05, 0.1) is 21.3 Å². The van der Waals surface area contributed by atoms with Gasteiger partial charge in [-0.3, -0.25) is 0 Å². The molecule has 3 N–H and O–H groups in total. The molecule has 1 aliphatic rings. The van der Waals surface area contributed by atoms with Crippen LogP contribution in [0.3, 0.4) is 0 Å². The van der Waals surface area contributed by atoms with Crippen molar-refractivity contribution in [3.63, 3.8) is 0 Å². The Hall–Kier alpha value is -1.46. The summed E-state index contributed by atoms with van der Waals surface area (Å²) in [7, 11) is 4.80. The van der Waals surface area contributed by atoms with E-state index in [9.17, 15) is 0 Å². The fourth-order valence-electron chi connectivity index (χ4n) is 2.01. The van der Waals surface area contributed by atoms with Crippen molar-refractivity contribution < 1.29 is 14.2 Å². The van der Waals surface area contributed by atoms with Gasteiger partial charge in [0, 0.05) is 18.6 Å². The lowest BCUT2D eigenvalue weighted by Crippen LogP contribution is -2.28. The number of benzene rings is 1. The van der Waals surface area contributed by atoms with Crippen LogP contribution in [0, 0.1) is 0 Å². The molecule has 5 nitrogen and oxygen atoms in total. The number of nitrogens with two attached hydrogens (primary N) is 1. The molecule has 1 atom stereocenters. The smallest absolute Gasteiger partial charge is 0.203 e. The zero-order valence-corrected chi connectivity index (χ0v) is 11.7. The highest BCUT2D eigenvalue weighted by Crippen LogP contribution is 2.39. The highest BCUT2D eigenvalue weighted by molar-refractivity contribution is 5.54. The van der Waals surface area contributed by atoms with Gasteiger partial charge in [0.2, 0.25) is 5.75 Å². The van der Waals surface area contributed by atoms with E-state index < -0.39 is 0 Å². The van der Waals surface area contributed by atoms with Gasteiger partial charge in [-0.05, 0) is 30.5 Å². The molecule has 0 heterocycles. The van der Waals surface area contributed by atoms with Crippen LogP contribution in [0.15, 0.2) is 12.1 Å². The first-order valence-corrected chi connectivity index (χ1v) is 6.48. The molecule has 2 rings (SSSR count). The molecule has 0 saturated heterocycles. The zero-order valence-electron chi connectivity index (χ0n) is 11.7. The predicted octanol–water partition coefficient (Wildman–Crippen LogP) is 1.46. The third-order valence-electron chi connectivity index (χ3n) is 3.32. The molecule has 0 amide bonds. The number of ether oxygens (including phenoxy) is 3. The number of nitrogens with one attached hydrogen (secondary N) is 1. The highest BCUT2D eigenvalue weighted by Gasteiger charge is 2.22. The van der Waals surface area contributed by atoms with Gasteiger partial charge in [0.15, 0.2) is 11.5 Å². The summed E-state index contributed by atoms with van der Waals surface area (Å²) in [4.78, 5) is 0. The molecule has 1 aromatic rings. The van der Waals surface area contributed by atoms with Crippen LogP contribution in [0.4, 0.5) is 0 Å². The van der Waals surface area contributed by atoms with E-state index in [1.807, 2.05) is 12.1 Å². The molecule has 0 radical (unpaired) electrons. The molecule has 1 aromatic carbocycles. The Morgan fingerprint density at radius 3 is 2.16 bits per heavy atom. The minimum Gasteiger partial charge on any atom is -0.493 e. The van der Waals surface area contributed by atoms with Gasteiger partial charge in [-0.1, -0.05) is 0 Å². The molecular weight excluding hydrogens is 244 g/mol. The third kappa shape index (κ3) is 3.30. The number of rotatable bonds is 7. The monoisotopic (exact) mass is 266 g/mol. The van der Waals surface area contributed by atoms with E-state index >= 15 is 0 Å². The van der Waals surface area contributed by atoms with Crippen LogP contribution in [0.25, 0.3) is 0 Å². The van der Waals surface area contributed by atoms with Crippen LogP contribution in [-0.4, -0.2) is 33.9 Å². The van der Waals surface area contributed by atoms with E-state index in [0.29, 0.717) is 23.3 Å². The molecule has 1 fully saturated rings. The summed E-state index contributed by atoms with van der Waals surface area (Å²) in [6, 6.07) is 4.36. The minimum atomic E-state index is -0.0886. The Morgan fingerprint density at radius 2 is 1.74 bits per heavy atom. The van der Waals surface area contributed by atoms with Gasteiger partial charge < -0.3 is 25.3 Å². The SMILES string of the molecule is COc1cc(C(N)CNC2CC2)cc(OC)c1OC. The molecule has 0 bridgehead atoms. The predicted molar refractivity (Wildman–Crippen MR) is 74.1 cm³/mol. The largest absolute Gasteiger partial charge is 0.493 e. The quantitative estimate of drug-likeness (QED) is 0.782. The Bertz CT molecular complexity index is 408. The van der Waals surface area contributed by atoms with Crippen molar-refractivity contribution in [2.24, 2.45) is 5.73 Å². The van der Waals surface area contributed by atoms with Crippen molar-refractivity contribution in [3.05, 3.63) is 17.7 Å². The normalized spacial score (nSPS) is 16.0. The standard InChI is InChI=1S/C14H22N2O3/c1-17-12-6-9(7-13(18-2)14(12)19-3)11(15)8-16-10-4-5-10/h6-7,10-11,16H,4-5,8,15H2,1-3H3. The topological polar surface area (TPSA) is 65.7 Å². The van der Waals surface area contributed by atoms with E-state index in [0.717, 1.165) is 12.1 Å². The number of hydrogen-bond donors (Lipinski definition) is 2. The summed E-state index contributed by atoms with van der Waals surface area (Å²) in [5.41, 5.74) is 7.17. The Labute approximate surface area is 114 Å². The van der Waals surface area contributed by atoms with E-state index in [1.165, 1.54) is 12.8 Å². The Balaban J connectivity index is 2.18. The maximum Gasteiger partial charge on any atom is 0.203 e. The Morgan fingerprint density at radius 1 is 1.16 bits per heavy atom. The fraction of sp³-hybridized carbons (Fsp3) is 0.571. The first kappa shape index (κ1) is 14.0. The maximum absolute atomic E-state index is 6.20. The van der Waals surface area contributed by atoms with Crippen molar-refractivity contribution in [1.82, 2.24) is 5.32 Å². The molecule has 1 unspecified atom stereocenters. The average Bonchev–Trinajstić information content (AvgIpc) is 3.27. The summed E-state index contributed by atoms with van der Waals surface area (Å²) < 4.78 is 15.9. The van der Waals surface area contributed by atoms with Gasteiger partial charge in [-0.25, -0.2) is 0 Å². The number of hydrogen-bond acceptors (Lipinski definition) is 5. The molecule has 106 valence electrons. The second-order valence-electron chi connectivity index (χ2n) is 4.75. The number of methoxy groups -OCH3 is 3. The summed E-state index contributed by atoms with van der Waals surface area (Å²) in [6.07, 6.45) is 2.50. The van der Waals surface area contributed by atoms with Crippen LogP contribution in [0.5, 0.6) is 17.2 Å². The second-order valence-corrected chi connectivity index (χ2v) is 4.75. The van der Waals surface area contributed by atoms with E-state index in [4.69, 9.17) is 19.9 Å². The molecule has 1 saturated carbocycles. The molecule has 0 spiro atoms. The summed E-state index contributed by atoms with van der Waals surface area (Å²) in [5.74, 6) is 1.87. The van der Waals surface area contributed by atoms with Crippen molar-refractivity contribution in [2.75, 3.05) is 27.9 Å². The van der Waals surface area contributed by atoms with Crippen LogP contribution in [0.1, 0.15) is 24.4 Å².